The van der Waals surface area contributed by atoms with E-state index in [1.165, 1.54) is 18.9 Å². The van der Waals surface area contributed by atoms with Crippen LogP contribution in [0.2, 0.25) is 5.02 Å². The number of nitrogens with zero attached hydrogens (tertiary/aromatic N) is 1. The van der Waals surface area contributed by atoms with Crippen LogP contribution in [0.1, 0.15) is 31.2 Å². The highest BCUT2D eigenvalue weighted by Gasteiger charge is 2.17. The highest BCUT2D eigenvalue weighted by atomic mass is 35.5. The van der Waals surface area contributed by atoms with E-state index < -0.39 is 10.0 Å². The molecule has 1 fully saturated rings. The number of nitrogens with two attached hydrogens (primary N) is 1. The summed E-state index contributed by atoms with van der Waals surface area (Å²) < 4.78 is 27.0. The predicted molar refractivity (Wildman–Crippen MR) is 93.3 cm³/mol. The molecule has 0 aromatic heterocycles. The summed E-state index contributed by atoms with van der Waals surface area (Å²) in [5, 5.41) is 3.67. The van der Waals surface area contributed by atoms with Crippen molar-refractivity contribution in [2.45, 2.75) is 43.5 Å². The Morgan fingerprint density at radius 1 is 1.39 bits per heavy atom. The molecule has 1 saturated carbocycles. The molecule has 0 aliphatic heterocycles. The van der Waals surface area contributed by atoms with Crippen molar-refractivity contribution in [1.29, 1.82) is 0 Å². The van der Waals surface area contributed by atoms with Crippen molar-refractivity contribution in [3.8, 4) is 0 Å². The van der Waals surface area contributed by atoms with Crippen LogP contribution in [0.25, 0.3) is 0 Å². The van der Waals surface area contributed by atoms with Gasteiger partial charge in [-0.25, -0.2) is 13.1 Å². The normalized spacial score (nSPS) is 16.7. The van der Waals surface area contributed by atoms with Crippen LogP contribution >= 0.6 is 11.6 Å². The lowest BCUT2D eigenvalue weighted by molar-refractivity contribution is 0.581. The Kier molecular flexibility index (Phi) is 6.26. The van der Waals surface area contributed by atoms with E-state index in [9.17, 15) is 8.42 Å². The van der Waals surface area contributed by atoms with Crippen LogP contribution in [0.5, 0.6) is 0 Å². The molecule has 23 heavy (non-hydrogen) atoms. The van der Waals surface area contributed by atoms with Gasteiger partial charge in [0, 0.05) is 17.6 Å². The monoisotopic (exact) mass is 358 g/mol. The quantitative estimate of drug-likeness (QED) is 0.410. The van der Waals surface area contributed by atoms with Gasteiger partial charge in [-0.1, -0.05) is 24.4 Å². The lowest BCUT2D eigenvalue weighted by Gasteiger charge is -2.12. The molecule has 0 amide bonds. The smallest absolute Gasteiger partial charge is 0.240 e. The number of rotatable bonds is 6. The van der Waals surface area contributed by atoms with Crippen molar-refractivity contribution >= 4 is 27.6 Å². The summed E-state index contributed by atoms with van der Waals surface area (Å²) >= 11 is 5.84. The highest BCUT2D eigenvalue weighted by Crippen LogP contribution is 2.19. The molecule has 1 aromatic carbocycles. The first kappa shape index (κ1) is 18.0. The van der Waals surface area contributed by atoms with Gasteiger partial charge in [-0.3, -0.25) is 4.99 Å². The Bertz CT molecular complexity index is 670. The van der Waals surface area contributed by atoms with E-state index in [-0.39, 0.29) is 18.0 Å². The summed E-state index contributed by atoms with van der Waals surface area (Å²) in [6, 6.07) is 5.08. The number of hydrogen-bond acceptors (Lipinski definition) is 3. The van der Waals surface area contributed by atoms with Crippen molar-refractivity contribution in [3.63, 3.8) is 0 Å². The average Bonchev–Trinajstić information content (AvgIpc) is 2.96. The molecule has 6 nitrogen and oxygen atoms in total. The van der Waals surface area contributed by atoms with Gasteiger partial charge in [0.1, 0.15) is 0 Å². The van der Waals surface area contributed by atoms with E-state index in [2.05, 4.69) is 15.0 Å². The number of halogens is 1. The summed E-state index contributed by atoms with van der Waals surface area (Å²) in [6.07, 6.45) is 4.65. The molecule has 0 radical (unpaired) electrons. The first-order valence-electron chi connectivity index (χ1n) is 7.71. The number of guanidine groups is 1. The number of sulfonamides is 1. The largest absolute Gasteiger partial charge is 0.370 e. The summed E-state index contributed by atoms with van der Waals surface area (Å²) in [5.41, 5.74) is 6.41. The predicted octanol–water partition coefficient (Wildman–Crippen LogP) is 1.77. The van der Waals surface area contributed by atoms with Gasteiger partial charge in [0.25, 0.3) is 0 Å². The van der Waals surface area contributed by atoms with E-state index in [0.717, 1.165) is 12.8 Å². The van der Waals surface area contributed by atoms with E-state index in [1.807, 2.05) is 0 Å². The van der Waals surface area contributed by atoms with Crippen molar-refractivity contribution in [2.75, 3.05) is 13.1 Å². The molecule has 0 heterocycles. The molecule has 2 rings (SSSR count). The van der Waals surface area contributed by atoms with Gasteiger partial charge in [-0.15, -0.1) is 0 Å². The van der Waals surface area contributed by atoms with Crippen molar-refractivity contribution in [2.24, 2.45) is 10.7 Å². The minimum absolute atomic E-state index is 0.192. The van der Waals surface area contributed by atoms with Gasteiger partial charge < -0.3 is 11.1 Å². The van der Waals surface area contributed by atoms with Gasteiger partial charge in [0.05, 0.1) is 11.4 Å². The third kappa shape index (κ3) is 5.37. The molecule has 0 saturated heterocycles. The third-order valence-corrected chi connectivity index (χ3v) is 5.68. The van der Waals surface area contributed by atoms with Crippen LogP contribution in [0.15, 0.2) is 28.1 Å². The fourth-order valence-corrected chi connectivity index (χ4v) is 4.15. The Balaban J connectivity index is 1.84. The van der Waals surface area contributed by atoms with Crippen LogP contribution in [0.4, 0.5) is 0 Å². The fourth-order valence-electron chi connectivity index (χ4n) is 2.67. The maximum absolute atomic E-state index is 12.2. The van der Waals surface area contributed by atoms with Crippen LogP contribution in [-0.4, -0.2) is 33.5 Å². The van der Waals surface area contributed by atoms with Gasteiger partial charge in [0.2, 0.25) is 10.0 Å². The molecule has 0 atom stereocenters. The van der Waals surface area contributed by atoms with E-state index in [1.54, 1.807) is 19.1 Å². The number of hydrogen-bond donors (Lipinski definition) is 3. The SMILES string of the molecule is Cc1cc(Cl)ccc1S(=O)(=O)NCCN=C(N)NC1CCCC1. The molecular weight excluding hydrogens is 336 g/mol. The minimum Gasteiger partial charge on any atom is -0.370 e. The van der Waals surface area contributed by atoms with Crippen molar-refractivity contribution in [1.82, 2.24) is 10.0 Å². The molecule has 128 valence electrons. The van der Waals surface area contributed by atoms with Crippen molar-refractivity contribution < 1.29 is 8.42 Å². The molecule has 0 bridgehead atoms. The minimum atomic E-state index is -3.57. The number of nitrogens with one attached hydrogen (secondary N) is 2. The summed E-state index contributed by atoms with van der Waals surface area (Å²) in [6.45, 7) is 2.19. The second-order valence-corrected chi connectivity index (χ2v) is 7.87. The van der Waals surface area contributed by atoms with Gasteiger partial charge >= 0.3 is 0 Å². The summed E-state index contributed by atoms with van der Waals surface area (Å²) in [7, 11) is -3.57. The lowest BCUT2D eigenvalue weighted by Crippen LogP contribution is -2.39. The van der Waals surface area contributed by atoms with Crippen molar-refractivity contribution in [3.05, 3.63) is 28.8 Å². The number of aliphatic imine (C=N–C) groups is 1. The molecule has 1 aromatic rings. The topological polar surface area (TPSA) is 96.6 Å². The van der Waals surface area contributed by atoms with Gasteiger partial charge in [0.15, 0.2) is 5.96 Å². The molecule has 4 N–H and O–H groups in total. The first-order valence-corrected chi connectivity index (χ1v) is 9.57. The van der Waals surface area contributed by atoms with Gasteiger partial charge in [-0.2, -0.15) is 0 Å². The maximum Gasteiger partial charge on any atom is 0.240 e. The number of aryl methyl sites for hydroxylation is 1. The number of benzene rings is 1. The Hall–Kier alpha value is -1.31. The molecule has 0 spiro atoms. The highest BCUT2D eigenvalue weighted by molar-refractivity contribution is 7.89. The molecule has 1 aliphatic carbocycles. The Morgan fingerprint density at radius 3 is 2.74 bits per heavy atom. The summed E-state index contributed by atoms with van der Waals surface area (Å²) in [5.74, 6) is 0.374. The molecule has 1 aliphatic rings. The van der Waals surface area contributed by atoms with E-state index in [0.29, 0.717) is 22.6 Å². The first-order chi connectivity index (χ1) is 10.9. The second kappa shape index (κ2) is 7.99. The fraction of sp³-hybridized carbons (Fsp3) is 0.533. The Labute approximate surface area is 142 Å². The van der Waals surface area contributed by atoms with Crippen LogP contribution in [0.3, 0.4) is 0 Å². The van der Waals surface area contributed by atoms with E-state index in [4.69, 9.17) is 17.3 Å². The third-order valence-electron chi connectivity index (χ3n) is 3.82. The average molecular weight is 359 g/mol. The zero-order chi connectivity index (χ0) is 16.9. The standard InChI is InChI=1S/C15H23ClN4O2S/c1-11-10-12(16)6-7-14(11)23(21,22)19-9-8-18-15(17)20-13-4-2-3-5-13/h6-7,10,13,19H,2-5,8-9H2,1H3,(H3,17,18,20). The van der Waals surface area contributed by atoms with Gasteiger partial charge in [-0.05, 0) is 43.5 Å². The zero-order valence-corrected chi connectivity index (χ0v) is 14.8. The van der Waals surface area contributed by atoms with Crippen LogP contribution in [0, 0.1) is 6.92 Å². The molecule has 0 unspecified atom stereocenters. The summed E-state index contributed by atoms with van der Waals surface area (Å²) in [4.78, 5) is 4.38. The maximum atomic E-state index is 12.2. The Morgan fingerprint density at radius 2 is 2.09 bits per heavy atom. The zero-order valence-electron chi connectivity index (χ0n) is 13.2. The molecule has 8 heteroatoms. The van der Waals surface area contributed by atoms with E-state index >= 15 is 0 Å². The van der Waals surface area contributed by atoms with Crippen LogP contribution in [-0.2, 0) is 10.0 Å². The molecular formula is C15H23ClN4O2S. The second-order valence-electron chi connectivity index (χ2n) is 5.70. The lowest BCUT2D eigenvalue weighted by atomic mass is 10.2. The van der Waals surface area contributed by atoms with Crippen LogP contribution < -0.4 is 15.8 Å².